The topological polar surface area (TPSA) is 69.7 Å². The number of nitrogens with zero attached hydrogens (tertiary/aromatic N) is 2. The van der Waals surface area contributed by atoms with Gasteiger partial charge in [0.2, 0.25) is 10.0 Å². The van der Waals surface area contributed by atoms with Crippen LogP contribution in [-0.4, -0.2) is 44.8 Å². The standard InChI is InChI=1S/C22H22FN3O3S2/c1-16-7-8-17(15-19(16)23)24-22(27)21-20(9-14-30-21)31(28,29)26-12-10-25(11-13-26)18-5-3-2-4-6-18/h2-9,14-15H,10-13H2,1H3,(H,24,27). The molecule has 0 saturated carbocycles. The van der Waals surface area contributed by atoms with Gasteiger partial charge in [0.1, 0.15) is 15.6 Å². The molecule has 162 valence electrons. The Kier molecular flexibility index (Phi) is 6.08. The summed E-state index contributed by atoms with van der Waals surface area (Å²) in [6.07, 6.45) is 0. The number of hydrogen-bond acceptors (Lipinski definition) is 5. The molecule has 3 aromatic rings. The van der Waals surface area contributed by atoms with E-state index in [0.717, 1.165) is 17.0 Å². The van der Waals surface area contributed by atoms with Gasteiger partial charge in [0.15, 0.2) is 0 Å². The Bertz CT molecular complexity index is 1190. The maximum absolute atomic E-state index is 13.8. The van der Waals surface area contributed by atoms with Gasteiger partial charge in [-0.3, -0.25) is 4.79 Å². The molecule has 0 spiro atoms. The van der Waals surface area contributed by atoms with Gasteiger partial charge < -0.3 is 10.2 Å². The van der Waals surface area contributed by atoms with Gasteiger partial charge >= 0.3 is 0 Å². The molecule has 1 aliphatic rings. The number of halogens is 1. The molecule has 2 aromatic carbocycles. The van der Waals surface area contributed by atoms with Crippen molar-refractivity contribution in [2.45, 2.75) is 11.8 Å². The number of hydrogen-bond donors (Lipinski definition) is 1. The molecular weight excluding hydrogens is 437 g/mol. The van der Waals surface area contributed by atoms with E-state index in [2.05, 4.69) is 10.2 Å². The predicted molar refractivity (Wildman–Crippen MR) is 121 cm³/mol. The highest BCUT2D eigenvalue weighted by Crippen LogP contribution is 2.28. The van der Waals surface area contributed by atoms with Crippen molar-refractivity contribution in [3.8, 4) is 0 Å². The Morgan fingerprint density at radius 1 is 1.03 bits per heavy atom. The van der Waals surface area contributed by atoms with E-state index in [1.54, 1.807) is 24.4 Å². The Balaban J connectivity index is 1.49. The number of anilines is 2. The fourth-order valence-electron chi connectivity index (χ4n) is 3.49. The van der Waals surface area contributed by atoms with Crippen LogP contribution in [-0.2, 0) is 10.0 Å². The average molecular weight is 460 g/mol. The summed E-state index contributed by atoms with van der Waals surface area (Å²) in [5.41, 5.74) is 1.80. The lowest BCUT2D eigenvalue weighted by Crippen LogP contribution is -2.48. The van der Waals surface area contributed by atoms with Crippen molar-refractivity contribution in [1.82, 2.24) is 4.31 Å². The first-order chi connectivity index (χ1) is 14.9. The predicted octanol–water partition coefficient (Wildman–Crippen LogP) is 3.96. The summed E-state index contributed by atoms with van der Waals surface area (Å²) in [6.45, 7) is 3.42. The Hall–Kier alpha value is -2.75. The van der Waals surface area contributed by atoms with Crippen LogP contribution >= 0.6 is 11.3 Å². The fraction of sp³-hybridized carbons (Fsp3) is 0.227. The molecule has 2 heterocycles. The zero-order valence-electron chi connectivity index (χ0n) is 16.9. The molecule has 1 amide bonds. The number of sulfonamides is 1. The third-order valence-electron chi connectivity index (χ3n) is 5.24. The number of aryl methyl sites for hydroxylation is 1. The van der Waals surface area contributed by atoms with E-state index < -0.39 is 21.7 Å². The molecule has 1 fully saturated rings. The van der Waals surface area contributed by atoms with E-state index in [1.165, 1.54) is 16.4 Å². The molecule has 0 radical (unpaired) electrons. The van der Waals surface area contributed by atoms with Crippen LogP contribution in [0.4, 0.5) is 15.8 Å². The van der Waals surface area contributed by atoms with Crippen molar-refractivity contribution in [3.63, 3.8) is 0 Å². The summed E-state index contributed by atoms with van der Waals surface area (Å²) in [5, 5.41) is 4.18. The largest absolute Gasteiger partial charge is 0.369 e. The first-order valence-corrected chi connectivity index (χ1v) is 12.1. The molecule has 0 unspecified atom stereocenters. The summed E-state index contributed by atoms with van der Waals surface area (Å²) in [4.78, 5) is 15.0. The molecular formula is C22H22FN3O3S2. The van der Waals surface area contributed by atoms with E-state index in [0.29, 0.717) is 31.7 Å². The van der Waals surface area contributed by atoms with Crippen LogP contribution in [0.2, 0.25) is 0 Å². The van der Waals surface area contributed by atoms with Crippen LogP contribution in [0.15, 0.2) is 64.9 Å². The van der Waals surface area contributed by atoms with Crippen molar-refractivity contribution < 1.29 is 17.6 Å². The van der Waals surface area contributed by atoms with Crippen LogP contribution < -0.4 is 10.2 Å². The highest BCUT2D eigenvalue weighted by Gasteiger charge is 2.32. The monoisotopic (exact) mass is 459 g/mol. The van der Waals surface area contributed by atoms with Crippen molar-refractivity contribution in [2.75, 3.05) is 36.4 Å². The Morgan fingerprint density at radius 2 is 1.74 bits per heavy atom. The second kappa shape index (κ2) is 8.78. The van der Waals surface area contributed by atoms with Crippen LogP contribution in [0.1, 0.15) is 15.2 Å². The van der Waals surface area contributed by atoms with Gasteiger partial charge in [-0.25, -0.2) is 12.8 Å². The van der Waals surface area contributed by atoms with Crippen molar-refractivity contribution in [2.24, 2.45) is 0 Å². The third kappa shape index (κ3) is 4.48. The first-order valence-electron chi connectivity index (χ1n) is 9.81. The number of thiophene rings is 1. The van der Waals surface area contributed by atoms with Crippen LogP contribution in [0.3, 0.4) is 0 Å². The molecule has 31 heavy (non-hydrogen) atoms. The smallest absolute Gasteiger partial charge is 0.267 e. The SMILES string of the molecule is Cc1ccc(NC(=O)c2sccc2S(=O)(=O)N2CCN(c3ccccc3)CC2)cc1F. The van der Waals surface area contributed by atoms with E-state index in [1.807, 2.05) is 30.3 Å². The van der Waals surface area contributed by atoms with Gasteiger partial charge in [-0.15, -0.1) is 11.3 Å². The summed E-state index contributed by atoms with van der Waals surface area (Å²) in [6, 6.07) is 15.7. The minimum absolute atomic E-state index is 0.0178. The van der Waals surface area contributed by atoms with E-state index in [-0.39, 0.29) is 15.5 Å². The Morgan fingerprint density at radius 3 is 2.42 bits per heavy atom. The molecule has 1 N–H and O–H groups in total. The lowest BCUT2D eigenvalue weighted by molar-refractivity contribution is 0.102. The number of nitrogens with one attached hydrogen (secondary N) is 1. The zero-order chi connectivity index (χ0) is 22.0. The quantitative estimate of drug-likeness (QED) is 0.627. The van der Waals surface area contributed by atoms with Gasteiger partial charge in [-0.05, 0) is 48.2 Å². The molecule has 4 rings (SSSR count). The molecule has 0 bridgehead atoms. The number of piperazine rings is 1. The maximum Gasteiger partial charge on any atom is 0.267 e. The Labute approximate surface area is 185 Å². The van der Waals surface area contributed by atoms with Crippen LogP contribution in [0.5, 0.6) is 0 Å². The van der Waals surface area contributed by atoms with E-state index in [4.69, 9.17) is 0 Å². The lowest BCUT2D eigenvalue weighted by Gasteiger charge is -2.35. The van der Waals surface area contributed by atoms with Gasteiger partial charge in [-0.2, -0.15) is 4.31 Å². The summed E-state index contributed by atoms with van der Waals surface area (Å²) >= 11 is 1.05. The van der Waals surface area contributed by atoms with E-state index in [9.17, 15) is 17.6 Å². The molecule has 1 aromatic heterocycles. The van der Waals surface area contributed by atoms with Crippen LogP contribution in [0, 0.1) is 12.7 Å². The minimum Gasteiger partial charge on any atom is -0.369 e. The second-order valence-electron chi connectivity index (χ2n) is 7.26. The fourth-order valence-corrected chi connectivity index (χ4v) is 6.21. The number of carbonyl (C=O) groups is 1. The van der Waals surface area contributed by atoms with E-state index >= 15 is 0 Å². The summed E-state index contributed by atoms with van der Waals surface area (Å²) in [5.74, 6) is -1.01. The zero-order valence-corrected chi connectivity index (χ0v) is 18.5. The van der Waals surface area contributed by atoms with Crippen LogP contribution in [0.25, 0.3) is 0 Å². The van der Waals surface area contributed by atoms with Gasteiger partial charge in [0.05, 0.1) is 0 Å². The number of carbonyl (C=O) groups excluding carboxylic acids is 1. The van der Waals surface area contributed by atoms with Gasteiger partial charge in [0, 0.05) is 37.6 Å². The molecule has 6 nitrogen and oxygen atoms in total. The molecule has 1 saturated heterocycles. The van der Waals surface area contributed by atoms with Gasteiger partial charge in [-0.1, -0.05) is 24.3 Å². The maximum atomic E-state index is 13.8. The minimum atomic E-state index is -3.82. The first kappa shape index (κ1) is 21.5. The average Bonchev–Trinajstić information content (AvgIpc) is 3.28. The second-order valence-corrected chi connectivity index (χ2v) is 10.1. The molecule has 1 aliphatic heterocycles. The molecule has 0 aliphatic carbocycles. The van der Waals surface area contributed by atoms with Crippen molar-refractivity contribution in [1.29, 1.82) is 0 Å². The van der Waals surface area contributed by atoms with Crippen molar-refractivity contribution >= 4 is 38.6 Å². The number of benzene rings is 2. The van der Waals surface area contributed by atoms with Gasteiger partial charge in [0.25, 0.3) is 5.91 Å². The highest BCUT2D eigenvalue weighted by atomic mass is 32.2. The van der Waals surface area contributed by atoms with Crippen molar-refractivity contribution in [3.05, 3.63) is 76.2 Å². The molecule has 9 heteroatoms. The number of rotatable bonds is 5. The number of amides is 1. The molecule has 0 atom stereocenters. The summed E-state index contributed by atoms with van der Waals surface area (Å²) in [7, 11) is -3.82. The summed E-state index contributed by atoms with van der Waals surface area (Å²) < 4.78 is 41.7. The number of para-hydroxylation sites is 1. The highest BCUT2D eigenvalue weighted by molar-refractivity contribution is 7.89. The normalized spacial score (nSPS) is 15.1. The third-order valence-corrected chi connectivity index (χ3v) is 8.23. The lowest BCUT2D eigenvalue weighted by atomic mass is 10.2.